The molecule has 2 atom stereocenters. The standard InChI is InChI=1S/C21H24N4O3/c1-12-19-16(15-7-3-4-8-17(15)25-19)10-18(23-12)21(27)24-13(2)20(26)22-11-14-6-5-9-28-14/h3-4,7-8,10,13-14,25H,5-6,9,11H2,1-2H3,(H,22,26)(H,24,27)/t13-,14?/m0/s1. The highest BCUT2D eigenvalue weighted by molar-refractivity contribution is 6.10. The quantitative estimate of drug-likeness (QED) is 0.633. The Morgan fingerprint density at radius 3 is 2.93 bits per heavy atom. The number of nitrogens with one attached hydrogen (secondary N) is 3. The monoisotopic (exact) mass is 380 g/mol. The summed E-state index contributed by atoms with van der Waals surface area (Å²) in [5.41, 5.74) is 2.96. The van der Waals surface area contributed by atoms with Gasteiger partial charge >= 0.3 is 0 Å². The van der Waals surface area contributed by atoms with Crippen LogP contribution in [0.1, 0.15) is 35.9 Å². The molecule has 0 spiro atoms. The van der Waals surface area contributed by atoms with Crippen LogP contribution in [0.15, 0.2) is 30.3 Å². The van der Waals surface area contributed by atoms with Gasteiger partial charge in [0, 0.05) is 29.4 Å². The van der Waals surface area contributed by atoms with E-state index in [9.17, 15) is 9.59 Å². The molecule has 0 aliphatic carbocycles. The number of H-pyrrole nitrogens is 1. The number of nitrogens with zero attached hydrogens (tertiary/aromatic N) is 1. The van der Waals surface area contributed by atoms with Gasteiger partial charge in [-0.25, -0.2) is 4.98 Å². The van der Waals surface area contributed by atoms with Crippen molar-refractivity contribution in [2.24, 2.45) is 0 Å². The molecule has 1 aromatic carbocycles. The largest absolute Gasteiger partial charge is 0.376 e. The zero-order chi connectivity index (χ0) is 19.7. The Morgan fingerprint density at radius 1 is 1.32 bits per heavy atom. The lowest BCUT2D eigenvalue weighted by Crippen LogP contribution is -2.46. The van der Waals surface area contributed by atoms with E-state index in [4.69, 9.17) is 4.74 Å². The van der Waals surface area contributed by atoms with Crippen LogP contribution >= 0.6 is 0 Å². The Morgan fingerprint density at radius 2 is 2.14 bits per heavy atom. The first-order valence-corrected chi connectivity index (χ1v) is 9.61. The molecule has 1 fully saturated rings. The molecule has 1 aliphatic rings. The minimum absolute atomic E-state index is 0.0699. The van der Waals surface area contributed by atoms with Gasteiger partial charge in [-0.1, -0.05) is 18.2 Å². The van der Waals surface area contributed by atoms with Crippen molar-refractivity contribution in [2.45, 2.75) is 38.8 Å². The first kappa shape index (κ1) is 18.4. The number of rotatable bonds is 5. The molecule has 1 unspecified atom stereocenters. The first-order chi connectivity index (χ1) is 13.5. The van der Waals surface area contributed by atoms with Gasteiger partial charge in [0.2, 0.25) is 5.91 Å². The van der Waals surface area contributed by atoms with Crippen molar-refractivity contribution < 1.29 is 14.3 Å². The number of hydrogen-bond donors (Lipinski definition) is 3. The smallest absolute Gasteiger partial charge is 0.270 e. The normalized spacial score (nSPS) is 17.7. The highest BCUT2D eigenvalue weighted by atomic mass is 16.5. The summed E-state index contributed by atoms with van der Waals surface area (Å²) in [4.78, 5) is 32.7. The fourth-order valence-electron chi connectivity index (χ4n) is 3.63. The second-order valence-electron chi connectivity index (χ2n) is 7.26. The molecule has 0 bridgehead atoms. The maximum absolute atomic E-state index is 12.7. The van der Waals surface area contributed by atoms with Gasteiger partial charge in [-0.2, -0.15) is 0 Å². The lowest BCUT2D eigenvalue weighted by molar-refractivity contribution is -0.123. The topological polar surface area (TPSA) is 96.1 Å². The van der Waals surface area contributed by atoms with Gasteiger partial charge in [-0.05, 0) is 38.8 Å². The number of ether oxygens (including phenoxy) is 1. The van der Waals surface area contributed by atoms with Gasteiger partial charge in [0.25, 0.3) is 5.91 Å². The average molecular weight is 380 g/mol. The number of amides is 2. The molecule has 2 amide bonds. The van der Waals surface area contributed by atoms with Crippen LogP contribution in [0.2, 0.25) is 0 Å². The summed E-state index contributed by atoms with van der Waals surface area (Å²) in [6.45, 7) is 4.75. The minimum atomic E-state index is -0.658. The summed E-state index contributed by atoms with van der Waals surface area (Å²) >= 11 is 0. The van der Waals surface area contributed by atoms with E-state index in [2.05, 4.69) is 20.6 Å². The summed E-state index contributed by atoms with van der Waals surface area (Å²) in [5, 5.41) is 7.57. The number of carbonyl (C=O) groups is 2. The molecule has 4 rings (SSSR count). The van der Waals surface area contributed by atoms with E-state index >= 15 is 0 Å². The van der Waals surface area contributed by atoms with Crippen LogP contribution in [-0.2, 0) is 9.53 Å². The molecule has 1 aliphatic heterocycles. The van der Waals surface area contributed by atoms with Crippen LogP contribution < -0.4 is 10.6 Å². The van der Waals surface area contributed by atoms with Crippen LogP contribution in [-0.4, -0.2) is 47.1 Å². The van der Waals surface area contributed by atoms with E-state index in [1.807, 2.05) is 31.2 Å². The van der Waals surface area contributed by atoms with E-state index in [1.54, 1.807) is 13.0 Å². The number of fused-ring (bicyclic) bond motifs is 3. The molecule has 0 radical (unpaired) electrons. The Labute approximate surface area is 162 Å². The van der Waals surface area contributed by atoms with E-state index < -0.39 is 6.04 Å². The molecular formula is C21H24N4O3. The molecule has 28 heavy (non-hydrogen) atoms. The molecule has 146 valence electrons. The van der Waals surface area contributed by atoms with E-state index in [1.165, 1.54) is 0 Å². The second kappa shape index (κ2) is 7.59. The number of benzene rings is 1. The molecule has 1 saturated heterocycles. The minimum Gasteiger partial charge on any atom is -0.376 e. The molecule has 3 aromatic rings. The maximum Gasteiger partial charge on any atom is 0.270 e. The molecular weight excluding hydrogens is 356 g/mol. The summed E-state index contributed by atoms with van der Waals surface area (Å²) in [6, 6.07) is 9.05. The van der Waals surface area contributed by atoms with Crippen molar-refractivity contribution in [2.75, 3.05) is 13.2 Å². The van der Waals surface area contributed by atoms with Gasteiger partial charge in [0.15, 0.2) is 0 Å². The zero-order valence-electron chi connectivity index (χ0n) is 16.0. The molecule has 7 heteroatoms. The average Bonchev–Trinajstić information content (AvgIpc) is 3.34. The van der Waals surface area contributed by atoms with Gasteiger partial charge in [0.05, 0.1) is 17.3 Å². The van der Waals surface area contributed by atoms with Gasteiger partial charge in [-0.15, -0.1) is 0 Å². The Bertz CT molecular complexity index is 1040. The van der Waals surface area contributed by atoms with Crippen LogP contribution in [0.4, 0.5) is 0 Å². The number of pyridine rings is 1. The lowest BCUT2D eigenvalue weighted by Gasteiger charge is -2.16. The maximum atomic E-state index is 12.7. The van der Waals surface area contributed by atoms with Crippen LogP contribution in [0.3, 0.4) is 0 Å². The van der Waals surface area contributed by atoms with Crippen LogP contribution in [0.25, 0.3) is 21.8 Å². The summed E-state index contributed by atoms with van der Waals surface area (Å²) in [7, 11) is 0. The Hall–Kier alpha value is -2.93. The third kappa shape index (κ3) is 3.57. The lowest BCUT2D eigenvalue weighted by atomic mass is 10.1. The molecule has 2 aromatic heterocycles. The van der Waals surface area contributed by atoms with E-state index in [-0.39, 0.29) is 17.9 Å². The van der Waals surface area contributed by atoms with Crippen molar-refractivity contribution in [1.29, 1.82) is 0 Å². The zero-order valence-corrected chi connectivity index (χ0v) is 16.0. The van der Waals surface area contributed by atoms with Crippen LogP contribution in [0.5, 0.6) is 0 Å². The molecule has 3 N–H and O–H groups in total. The van der Waals surface area contributed by atoms with Crippen LogP contribution in [0, 0.1) is 6.92 Å². The van der Waals surface area contributed by atoms with Gasteiger partial charge in [-0.3, -0.25) is 9.59 Å². The van der Waals surface area contributed by atoms with Crippen molar-refractivity contribution in [1.82, 2.24) is 20.6 Å². The summed E-state index contributed by atoms with van der Waals surface area (Å²) in [6.07, 6.45) is 2.05. The predicted molar refractivity (Wildman–Crippen MR) is 107 cm³/mol. The number of aromatic nitrogens is 2. The van der Waals surface area contributed by atoms with Crippen molar-refractivity contribution in [3.8, 4) is 0 Å². The number of para-hydroxylation sites is 1. The van der Waals surface area contributed by atoms with E-state index in [0.717, 1.165) is 46.9 Å². The van der Waals surface area contributed by atoms with Crippen molar-refractivity contribution in [3.05, 3.63) is 41.7 Å². The molecule has 7 nitrogen and oxygen atoms in total. The van der Waals surface area contributed by atoms with Crippen molar-refractivity contribution in [3.63, 3.8) is 0 Å². The van der Waals surface area contributed by atoms with Gasteiger partial charge < -0.3 is 20.4 Å². The second-order valence-corrected chi connectivity index (χ2v) is 7.26. The van der Waals surface area contributed by atoms with E-state index in [0.29, 0.717) is 12.2 Å². The fourth-order valence-corrected chi connectivity index (χ4v) is 3.63. The number of aryl methyl sites for hydroxylation is 1. The summed E-state index contributed by atoms with van der Waals surface area (Å²) < 4.78 is 5.50. The first-order valence-electron chi connectivity index (χ1n) is 9.61. The fraction of sp³-hybridized carbons (Fsp3) is 0.381. The van der Waals surface area contributed by atoms with Gasteiger partial charge in [0.1, 0.15) is 11.7 Å². The third-order valence-corrected chi connectivity index (χ3v) is 5.18. The van der Waals surface area contributed by atoms with Crippen molar-refractivity contribution >= 4 is 33.6 Å². The number of aromatic amines is 1. The molecule has 3 heterocycles. The predicted octanol–water partition coefficient (Wildman–Crippen LogP) is 2.44. The number of carbonyl (C=O) groups excluding carboxylic acids is 2. The SMILES string of the molecule is Cc1nc(C(=O)N[C@@H](C)C(=O)NCC2CCCO2)cc2c1[nH]c1ccccc12. The summed E-state index contributed by atoms with van der Waals surface area (Å²) in [5.74, 6) is -0.594. The Kier molecular flexibility index (Phi) is 5.00. The molecule has 0 saturated carbocycles. The highest BCUT2D eigenvalue weighted by Crippen LogP contribution is 2.27. The Balaban J connectivity index is 1.48. The number of hydrogen-bond acceptors (Lipinski definition) is 4. The third-order valence-electron chi connectivity index (χ3n) is 5.18. The highest BCUT2D eigenvalue weighted by Gasteiger charge is 2.21.